The summed E-state index contributed by atoms with van der Waals surface area (Å²) in [4.78, 5) is 4.07. The van der Waals surface area contributed by atoms with Gasteiger partial charge in [-0.15, -0.1) is 0 Å². The van der Waals surface area contributed by atoms with E-state index in [4.69, 9.17) is 15.0 Å². The molecule has 0 saturated carbocycles. The van der Waals surface area contributed by atoms with Crippen LogP contribution in [0.5, 0.6) is 0 Å². The minimum Gasteiger partial charge on any atom is -0.379 e. The minimum absolute atomic E-state index is 0.138. The van der Waals surface area contributed by atoms with Crippen LogP contribution in [0.4, 0.5) is 0 Å². The van der Waals surface area contributed by atoms with Gasteiger partial charge in [-0.05, 0) is 13.3 Å². The molecule has 96 valence electrons. The molecule has 17 heavy (non-hydrogen) atoms. The molecule has 0 aliphatic carbocycles. The van der Waals surface area contributed by atoms with Gasteiger partial charge in [0.1, 0.15) is 10.8 Å². The van der Waals surface area contributed by atoms with Gasteiger partial charge in [0.2, 0.25) is 5.89 Å². The van der Waals surface area contributed by atoms with Gasteiger partial charge in [-0.25, -0.2) is 8.42 Å². The average molecular weight is 261 g/mol. The van der Waals surface area contributed by atoms with E-state index in [2.05, 4.69) is 10.1 Å². The second-order valence-corrected chi connectivity index (χ2v) is 6.75. The zero-order valence-corrected chi connectivity index (χ0v) is 10.5. The molecule has 8 heteroatoms. The van der Waals surface area contributed by atoms with Crippen molar-refractivity contribution < 1.29 is 17.7 Å². The van der Waals surface area contributed by atoms with Gasteiger partial charge in [0.05, 0.1) is 6.61 Å². The van der Waals surface area contributed by atoms with E-state index in [-0.39, 0.29) is 11.7 Å². The lowest BCUT2D eigenvalue weighted by molar-refractivity contribution is 0.166. The molecule has 2 N–H and O–H groups in total. The summed E-state index contributed by atoms with van der Waals surface area (Å²) in [5.74, 6) is 0.375. The van der Waals surface area contributed by atoms with Gasteiger partial charge >= 0.3 is 0 Å². The van der Waals surface area contributed by atoms with Crippen LogP contribution in [0.25, 0.3) is 0 Å². The summed E-state index contributed by atoms with van der Waals surface area (Å²) >= 11 is 0. The summed E-state index contributed by atoms with van der Waals surface area (Å²) in [5.41, 5.74) is 5.24. The van der Waals surface area contributed by atoms with E-state index in [0.29, 0.717) is 19.6 Å². The first kappa shape index (κ1) is 12.5. The molecule has 2 unspecified atom stereocenters. The lowest BCUT2D eigenvalue weighted by Gasteiger charge is -2.15. The normalized spacial score (nSPS) is 27.2. The third-order valence-corrected chi connectivity index (χ3v) is 4.42. The molecule has 1 aliphatic heterocycles. The Kier molecular flexibility index (Phi) is 2.96. The van der Waals surface area contributed by atoms with Crippen molar-refractivity contribution in [2.75, 3.05) is 19.5 Å². The Bertz CT molecular complexity index is 504. The Labute approximate surface area is 99.2 Å². The molecule has 1 aliphatic rings. The summed E-state index contributed by atoms with van der Waals surface area (Å²) < 4.78 is 32.9. The summed E-state index contributed by atoms with van der Waals surface area (Å²) in [5, 5.41) is 2.87. The van der Waals surface area contributed by atoms with E-state index in [1.165, 1.54) is 6.92 Å². The first-order chi connectivity index (χ1) is 7.83. The Morgan fingerprint density at radius 2 is 2.24 bits per heavy atom. The predicted molar refractivity (Wildman–Crippen MR) is 58.9 cm³/mol. The van der Waals surface area contributed by atoms with Crippen molar-refractivity contribution in [1.82, 2.24) is 10.1 Å². The first-order valence-corrected chi connectivity index (χ1v) is 7.18. The highest BCUT2D eigenvalue weighted by molar-refractivity contribution is 7.90. The van der Waals surface area contributed by atoms with Gasteiger partial charge in [0.25, 0.3) is 0 Å². The smallest absolute Gasteiger partial charge is 0.249 e. The fourth-order valence-corrected chi connectivity index (χ4v) is 2.02. The van der Waals surface area contributed by atoms with Crippen LogP contribution in [0.1, 0.15) is 30.3 Å². The van der Waals surface area contributed by atoms with E-state index >= 15 is 0 Å². The van der Waals surface area contributed by atoms with Crippen molar-refractivity contribution in [2.45, 2.75) is 24.1 Å². The standard InChI is InChI=1S/C9H15N3O4S/c1-6(17(2,13)14)7-11-8(16-12-7)9(10)3-4-15-5-9/h6H,3-5,10H2,1-2H3. The minimum atomic E-state index is -3.24. The van der Waals surface area contributed by atoms with E-state index < -0.39 is 20.6 Å². The van der Waals surface area contributed by atoms with Gasteiger partial charge in [-0.2, -0.15) is 4.98 Å². The zero-order chi connectivity index (χ0) is 12.7. The fraction of sp³-hybridized carbons (Fsp3) is 0.778. The van der Waals surface area contributed by atoms with Crippen LogP contribution < -0.4 is 5.73 Å². The second-order valence-electron chi connectivity index (χ2n) is 4.39. The number of ether oxygens (including phenoxy) is 1. The molecule has 1 aromatic rings. The van der Waals surface area contributed by atoms with E-state index in [1.807, 2.05) is 0 Å². The van der Waals surface area contributed by atoms with Crippen LogP contribution in [0.15, 0.2) is 4.52 Å². The highest BCUT2D eigenvalue weighted by Crippen LogP contribution is 2.28. The van der Waals surface area contributed by atoms with Crippen LogP contribution in [0, 0.1) is 0 Å². The molecule has 2 atom stereocenters. The lowest BCUT2D eigenvalue weighted by atomic mass is 10.0. The van der Waals surface area contributed by atoms with Gasteiger partial charge in [-0.1, -0.05) is 5.16 Å². The van der Waals surface area contributed by atoms with Crippen molar-refractivity contribution in [3.63, 3.8) is 0 Å². The van der Waals surface area contributed by atoms with Crippen LogP contribution in [-0.2, 0) is 20.1 Å². The van der Waals surface area contributed by atoms with Crippen molar-refractivity contribution in [1.29, 1.82) is 0 Å². The molecule has 1 fully saturated rings. The van der Waals surface area contributed by atoms with E-state index in [0.717, 1.165) is 6.26 Å². The van der Waals surface area contributed by atoms with Gasteiger partial charge in [0, 0.05) is 12.9 Å². The Morgan fingerprint density at radius 3 is 2.76 bits per heavy atom. The molecule has 7 nitrogen and oxygen atoms in total. The molecular formula is C9H15N3O4S. The van der Waals surface area contributed by atoms with E-state index in [1.54, 1.807) is 0 Å². The van der Waals surface area contributed by atoms with Crippen LogP contribution in [0.3, 0.4) is 0 Å². The molecule has 0 aromatic carbocycles. The van der Waals surface area contributed by atoms with Crippen LogP contribution in [0.2, 0.25) is 0 Å². The summed E-state index contributed by atoms with van der Waals surface area (Å²) in [6.45, 7) is 2.36. The number of nitrogens with zero attached hydrogens (tertiary/aromatic N) is 2. The quantitative estimate of drug-likeness (QED) is 0.799. The average Bonchev–Trinajstić information content (AvgIpc) is 2.84. The number of aromatic nitrogens is 2. The van der Waals surface area contributed by atoms with Gasteiger partial charge < -0.3 is 15.0 Å². The van der Waals surface area contributed by atoms with Crippen molar-refractivity contribution in [2.24, 2.45) is 5.73 Å². The molecule has 1 aromatic heterocycles. The third kappa shape index (κ3) is 2.33. The highest BCUT2D eigenvalue weighted by Gasteiger charge is 2.39. The third-order valence-electron chi connectivity index (χ3n) is 2.93. The topological polar surface area (TPSA) is 108 Å². The Hall–Kier alpha value is -0.990. The lowest BCUT2D eigenvalue weighted by Crippen LogP contribution is -2.37. The summed E-state index contributed by atoms with van der Waals surface area (Å²) in [6.07, 6.45) is 1.71. The number of sulfone groups is 1. The predicted octanol–water partition coefficient (Wildman–Crippen LogP) is -0.250. The fourth-order valence-electron chi connectivity index (χ4n) is 1.54. The molecule has 0 bridgehead atoms. The number of rotatable bonds is 3. The molecule has 1 saturated heterocycles. The van der Waals surface area contributed by atoms with Crippen molar-refractivity contribution in [3.05, 3.63) is 11.7 Å². The van der Waals surface area contributed by atoms with Gasteiger partial charge in [-0.3, -0.25) is 0 Å². The molecule has 0 radical (unpaired) electrons. The monoisotopic (exact) mass is 261 g/mol. The van der Waals surface area contributed by atoms with E-state index in [9.17, 15) is 8.42 Å². The zero-order valence-electron chi connectivity index (χ0n) is 9.71. The van der Waals surface area contributed by atoms with Crippen molar-refractivity contribution >= 4 is 9.84 Å². The summed E-state index contributed by atoms with van der Waals surface area (Å²) in [6, 6.07) is 0. The number of hydrogen-bond acceptors (Lipinski definition) is 7. The first-order valence-electron chi connectivity index (χ1n) is 5.22. The Balaban J connectivity index is 2.27. The largest absolute Gasteiger partial charge is 0.379 e. The summed E-state index contributed by atoms with van der Waals surface area (Å²) in [7, 11) is -3.24. The molecule has 0 amide bonds. The number of hydrogen-bond donors (Lipinski definition) is 1. The number of nitrogens with two attached hydrogens (primary N) is 1. The second kappa shape index (κ2) is 4.04. The Morgan fingerprint density at radius 1 is 1.53 bits per heavy atom. The van der Waals surface area contributed by atoms with Gasteiger partial charge in [0.15, 0.2) is 15.7 Å². The highest BCUT2D eigenvalue weighted by atomic mass is 32.2. The maximum atomic E-state index is 11.4. The SMILES string of the molecule is CC(c1noc(C2(N)CCOC2)n1)S(C)(=O)=O. The van der Waals surface area contributed by atoms with Crippen molar-refractivity contribution in [3.8, 4) is 0 Å². The maximum Gasteiger partial charge on any atom is 0.249 e. The van der Waals surface area contributed by atoms with Crippen LogP contribution >= 0.6 is 0 Å². The molecule has 2 rings (SSSR count). The molecular weight excluding hydrogens is 246 g/mol. The van der Waals surface area contributed by atoms with Crippen LogP contribution in [-0.4, -0.2) is 38.0 Å². The molecule has 2 heterocycles. The molecule has 0 spiro atoms. The maximum absolute atomic E-state index is 11.4.